The summed E-state index contributed by atoms with van der Waals surface area (Å²) in [5.74, 6) is 1.23. The van der Waals surface area contributed by atoms with Crippen molar-refractivity contribution in [1.82, 2.24) is 15.5 Å². The Morgan fingerprint density at radius 1 is 1.24 bits per heavy atom. The number of amides is 1. The maximum absolute atomic E-state index is 12.8. The molecule has 3 aromatic rings. The Balaban J connectivity index is 1.18. The van der Waals surface area contributed by atoms with Crippen LogP contribution in [0, 0.1) is 5.92 Å². The van der Waals surface area contributed by atoms with E-state index in [9.17, 15) is 4.79 Å². The normalized spacial score (nSPS) is 22.3. The van der Waals surface area contributed by atoms with Gasteiger partial charge in [0.2, 0.25) is 17.6 Å². The lowest BCUT2D eigenvalue weighted by atomic mass is 9.78. The minimum atomic E-state index is 0.0587. The summed E-state index contributed by atoms with van der Waals surface area (Å²) in [6.45, 7) is 0.490. The largest absolute Gasteiger partial charge is 0.355 e. The highest BCUT2D eigenvalue weighted by molar-refractivity contribution is 6.30. The molecule has 29 heavy (non-hydrogen) atoms. The highest BCUT2D eigenvalue weighted by Gasteiger charge is 2.59. The molecule has 1 spiro atoms. The van der Waals surface area contributed by atoms with Gasteiger partial charge in [0.05, 0.1) is 0 Å². The van der Waals surface area contributed by atoms with Gasteiger partial charge >= 0.3 is 0 Å². The predicted molar refractivity (Wildman–Crippen MR) is 111 cm³/mol. The van der Waals surface area contributed by atoms with Crippen molar-refractivity contribution in [3.8, 4) is 11.4 Å². The molecule has 0 saturated heterocycles. The highest BCUT2D eigenvalue weighted by atomic mass is 35.5. The molecular weight excluding hydrogens is 386 g/mol. The number of rotatable bonds is 5. The van der Waals surface area contributed by atoms with Gasteiger partial charge in [0.15, 0.2) is 0 Å². The van der Waals surface area contributed by atoms with E-state index in [1.807, 2.05) is 12.1 Å². The number of carbonyl (C=O) groups excluding carboxylic acids is 1. The lowest BCUT2D eigenvalue weighted by Crippen LogP contribution is -2.31. The minimum Gasteiger partial charge on any atom is -0.355 e. The predicted octanol–water partition coefficient (Wildman–Crippen LogP) is 4.34. The van der Waals surface area contributed by atoms with Gasteiger partial charge in [0.25, 0.3) is 0 Å². The van der Waals surface area contributed by atoms with Crippen molar-refractivity contribution in [2.45, 2.75) is 37.5 Å². The number of hydrogen-bond donors (Lipinski definition) is 1. The molecule has 2 aromatic carbocycles. The fourth-order valence-corrected chi connectivity index (χ4v) is 4.88. The number of carbonyl (C=O) groups is 1. The molecule has 5 nitrogen and oxygen atoms in total. The quantitative estimate of drug-likeness (QED) is 0.683. The fourth-order valence-electron chi connectivity index (χ4n) is 4.69. The lowest BCUT2D eigenvalue weighted by Gasteiger charge is -2.26. The van der Waals surface area contributed by atoms with Gasteiger partial charge in [-0.1, -0.05) is 53.2 Å². The molecule has 6 heteroatoms. The molecule has 148 valence electrons. The first kappa shape index (κ1) is 18.4. The van der Waals surface area contributed by atoms with Crippen molar-refractivity contribution in [3.63, 3.8) is 0 Å². The molecular formula is C23H22ClN3O2. The molecule has 1 saturated carbocycles. The van der Waals surface area contributed by atoms with Gasteiger partial charge in [-0.05, 0) is 48.9 Å². The Labute approximate surface area is 174 Å². The first-order valence-corrected chi connectivity index (χ1v) is 10.5. The van der Waals surface area contributed by atoms with E-state index < -0.39 is 0 Å². The smallest absolute Gasteiger partial charge is 0.228 e. The zero-order valence-corrected chi connectivity index (χ0v) is 16.8. The molecule has 1 amide bonds. The van der Waals surface area contributed by atoms with Crippen LogP contribution in [0.2, 0.25) is 5.02 Å². The van der Waals surface area contributed by atoms with Crippen LogP contribution in [0.15, 0.2) is 53.1 Å². The van der Waals surface area contributed by atoms with E-state index in [4.69, 9.17) is 16.1 Å². The second-order valence-corrected chi connectivity index (χ2v) is 8.42. The Hall–Kier alpha value is -2.66. The van der Waals surface area contributed by atoms with E-state index in [1.54, 1.807) is 12.1 Å². The van der Waals surface area contributed by atoms with Crippen LogP contribution >= 0.6 is 11.6 Å². The molecule has 0 aliphatic heterocycles. The van der Waals surface area contributed by atoms with Crippen LogP contribution in [0.4, 0.5) is 0 Å². The SMILES string of the molecule is O=C(NCCc1nc(-c2cccc(Cl)c2)no1)C1CC12CCCc1ccccc12. The summed E-state index contributed by atoms with van der Waals surface area (Å²) in [6.07, 6.45) is 4.85. The third-order valence-corrected chi connectivity index (χ3v) is 6.44. The molecule has 1 N–H and O–H groups in total. The maximum Gasteiger partial charge on any atom is 0.228 e. The molecule has 2 aliphatic carbocycles. The monoisotopic (exact) mass is 407 g/mol. The van der Waals surface area contributed by atoms with Crippen molar-refractivity contribution in [3.05, 3.63) is 70.6 Å². The molecule has 1 aromatic heterocycles. The van der Waals surface area contributed by atoms with E-state index in [2.05, 4.69) is 39.7 Å². The first-order valence-electron chi connectivity index (χ1n) is 10.1. The number of aryl methyl sites for hydroxylation is 1. The summed E-state index contributed by atoms with van der Waals surface area (Å²) in [4.78, 5) is 17.2. The number of benzene rings is 2. The van der Waals surface area contributed by atoms with Crippen LogP contribution in [-0.4, -0.2) is 22.6 Å². The second kappa shape index (κ2) is 7.30. The van der Waals surface area contributed by atoms with Crippen LogP contribution < -0.4 is 5.32 Å². The van der Waals surface area contributed by atoms with Gasteiger partial charge in [-0.3, -0.25) is 4.79 Å². The number of halogens is 1. The van der Waals surface area contributed by atoms with Crippen LogP contribution in [0.5, 0.6) is 0 Å². The number of aromatic nitrogens is 2. The summed E-state index contributed by atoms with van der Waals surface area (Å²) < 4.78 is 5.32. The Bertz CT molecular complexity index is 1060. The second-order valence-electron chi connectivity index (χ2n) is 7.99. The van der Waals surface area contributed by atoms with Gasteiger partial charge in [-0.2, -0.15) is 4.98 Å². The fraction of sp³-hybridized carbons (Fsp3) is 0.348. The molecule has 5 rings (SSSR count). The van der Waals surface area contributed by atoms with Gasteiger partial charge in [-0.25, -0.2) is 0 Å². The van der Waals surface area contributed by atoms with E-state index >= 15 is 0 Å². The Morgan fingerprint density at radius 3 is 3.03 bits per heavy atom. The number of hydrogen-bond acceptors (Lipinski definition) is 4. The molecule has 2 aliphatic rings. The highest BCUT2D eigenvalue weighted by Crippen LogP contribution is 2.60. The number of nitrogens with zero attached hydrogens (tertiary/aromatic N) is 2. The Kier molecular flexibility index (Phi) is 4.63. The average Bonchev–Trinajstić information content (AvgIpc) is 3.25. The lowest BCUT2D eigenvalue weighted by molar-refractivity contribution is -0.122. The average molecular weight is 408 g/mol. The first-order chi connectivity index (χ1) is 14.2. The zero-order chi connectivity index (χ0) is 19.8. The summed E-state index contributed by atoms with van der Waals surface area (Å²) in [6, 6.07) is 15.9. The molecule has 1 fully saturated rings. The standard InChI is InChI=1S/C23H22ClN3O2/c24-17-8-3-6-16(13-17)21-26-20(29-27-21)10-12-25-22(28)19-14-23(19)11-4-7-15-5-1-2-9-18(15)23/h1-3,5-6,8-9,13,19H,4,7,10-12,14H2,(H,25,28). The van der Waals surface area contributed by atoms with Gasteiger partial charge < -0.3 is 9.84 Å². The van der Waals surface area contributed by atoms with E-state index in [-0.39, 0.29) is 17.2 Å². The number of fused-ring (bicyclic) bond motifs is 2. The topological polar surface area (TPSA) is 68.0 Å². The van der Waals surface area contributed by atoms with Gasteiger partial charge in [-0.15, -0.1) is 0 Å². The van der Waals surface area contributed by atoms with Gasteiger partial charge in [0.1, 0.15) is 0 Å². The number of nitrogens with one attached hydrogen (secondary N) is 1. The van der Waals surface area contributed by atoms with E-state index in [0.717, 1.165) is 31.2 Å². The van der Waals surface area contributed by atoms with Crippen LogP contribution in [0.3, 0.4) is 0 Å². The Morgan fingerprint density at radius 2 is 2.14 bits per heavy atom. The minimum absolute atomic E-state index is 0.0587. The third kappa shape index (κ3) is 3.44. The summed E-state index contributed by atoms with van der Waals surface area (Å²) in [5.41, 5.74) is 3.67. The van der Waals surface area contributed by atoms with Gasteiger partial charge in [0, 0.05) is 34.9 Å². The summed E-state index contributed by atoms with van der Waals surface area (Å²) in [7, 11) is 0. The third-order valence-electron chi connectivity index (χ3n) is 6.20. The van der Waals surface area contributed by atoms with Crippen molar-refractivity contribution in [2.24, 2.45) is 5.92 Å². The molecule has 1 heterocycles. The molecule has 2 unspecified atom stereocenters. The molecule has 0 bridgehead atoms. The van der Waals surface area contributed by atoms with E-state index in [0.29, 0.717) is 29.7 Å². The van der Waals surface area contributed by atoms with Crippen molar-refractivity contribution < 1.29 is 9.32 Å². The van der Waals surface area contributed by atoms with Crippen LogP contribution in [0.1, 0.15) is 36.3 Å². The summed E-state index contributed by atoms with van der Waals surface area (Å²) in [5, 5.41) is 7.70. The molecule has 2 atom stereocenters. The van der Waals surface area contributed by atoms with Crippen molar-refractivity contribution >= 4 is 17.5 Å². The summed E-state index contributed by atoms with van der Waals surface area (Å²) >= 11 is 6.01. The van der Waals surface area contributed by atoms with Crippen molar-refractivity contribution in [2.75, 3.05) is 6.54 Å². The van der Waals surface area contributed by atoms with E-state index in [1.165, 1.54) is 11.1 Å². The molecule has 0 radical (unpaired) electrons. The van der Waals surface area contributed by atoms with Crippen molar-refractivity contribution in [1.29, 1.82) is 0 Å². The van der Waals surface area contributed by atoms with Crippen LogP contribution in [-0.2, 0) is 23.1 Å². The van der Waals surface area contributed by atoms with Crippen LogP contribution in [0.25, 0.3) is 11.4 Å². The maximum atomic E-state index is 12.8. The zero-order valence-electron chi connectivity index (χ0n) is 16.0.